The summed E-state index contributed by atoms with van der Waals surface area (Å²) in [5, 5.41) is 0. The molecular formula is C14H23N3O5S. The number of hydrogen-bond donors (Lipinski definition) is 0. The lowest BCUT2D eigenvalue weighted by Crippen LogP contribution is -2.59. The van der Waals surface area contributed by atoms with Crippen LogP contribution in [0.5, 0.6) is 0 Å². The largest absolute Gasteiger partial charge is 0.368 e. The zero-order chi connectivity index (χ0) is 16.6. The third kappa shape index (κ3) is 3.51. The molecule has 1 unspecified atom stereocenters. The summed E-state index contributed by atoms with van der Waals surface area (Å²) in [6.07, 6.45) is 2.55. The van der Waals surface area contributed by atoms with Gasteiger partial charge in [-0.25, -0.2) is 12.7 Å². The molecule has 9 heteroatoms. The molecule has 0 aromatic rings. The lowest BCUT2D eigenvalue weighted by Gasteiger charge is -2.41. The van der Waals surface area contributed by atoms with Crippen molar-refractivity contribution < 1.29 is 22.7 Å². The van der Waals surface area contributed by atoms with E-state index in [9.17, 15) is 18.0 Å². The summed E-state index contributed by atoms with van der Waals surface area (Å²) in [4.78, 5) is 28.1. The van der Waals surface area contributed by atoms with Crippen molar-refractivity contribution in [1.82, 2.24) is 14.1 Å². The molecule has 0 bridgehead atoms. The Hall–Kier alpha value is -1.19. The molecule has 0 saturated carbocycles. The van der Waals surface area contributed by atoms with E-state index in [1.54, 1.807) is 9.80 Å². The van der Waals surface area contributed by atoms with Crippen LogP contribution in [0.3, 0.4) is 0 Å². The molecule has 3 aliphatic rings. The average Bonchev–Trinajstić information content (AvgIpc) is 2.97. The SMILES string of the molecule is CS(=O)(=O)N1CC(C(=O)N2CCN(C(=O)C3CCCO3)CC2)C1. The van der Waals surface area contributed by atoms with Gasteiger partial charge in [-0.1, -0.05) is 0 Å². The highest BCUT2D eigenvalue weighted by molar-refractivity contribution is 7.88. The van der Waals surface area contributed by atoms with Crippen LogP contribution in [0.2, 0.25) is 0 Å². The van der Waals surface area contributed by atoms with Crippen molar-refractivity contribution in [2.24, 2.45) is 5.92 Å². The topological polar surface area (TPSA) is 87.2 Å². The lowest BCUT2D eigenvalue weighted by atomic mass is 10.0. The molecule has 0 spiro atoms. The predicted octanol–water partition coefficient (Wildman–Crippen LogP) is -1.27. The fourth-order valence-corrected chi connectivity index (χ4v) is 4.15. The van der Waals surface area contributed by atoms with Crippen molar-refractivity contribution in [2.75, 3.05) is 52.1 Å². The van der Waals surface area contributed by atoms with Crippen LogP contribution < -0.4 is 0 Å². The number of carbonyl (C=O) groups is 2. The number of hydrogen-bond acceptors (Lipinski definition) is 5. The van der Waals surface area contributed by atoms with Gasteiger partial charge in [-0.15, -0.1) is 0 Å². The van der Waals surface area contributed by atoms with Crippen LogP contribution in [0.25, 0.3) is 0 Å². The van der Waals surface area contributed by atoms with Crippen LogP contribution in [0.15, 0.2) is 0 Å². The van der Waals surface area contributed by atoms with Gasteiger partial charge < -0.3 is 14.5 Å². The highest BCUT2D eigenvalue weighted by Crippen LogP contribution is 2.22. The zero-order valence-electron chi connectivity index (χ0n) is 13.3. The van der Waals surface area contributed by atoms with Crippen molar-refractivity contribution in [1.29, 1.82) is 0 Å². The molecule has 23 heavy (non-hydrogen) atoms. The van der Waals surface area contributed by atoms with Gasteiger partial charge >= 0.3 is 0 Å². The minimum atomic E-state index is -3.20. The van der Waals surface area contributed by atoms with Gasteiger partial charge in [-0.3, -0.25) is 9.59 Å². The lowest BCUT2D eigenvalue weighted by molar-refractivity contribution is -0.148. The molecule has 0 aromatic heterocycles. The van der Waals surface area contributed by atoms with E-state index in [1.807, 2.05) is 0 Å². The Morgan fingerprint density at radius 3 is 2.04 bits per heavy atom. The minimum absolute atomic E-state index is 0.00545. The standard InChI is InChI=1S/C14H23N3O5S/c1-23(20,21)17-9-11(10-17)13(18)15-4-6-16(7-5-15)14(19)12-3-2-8-22-12/h11-12H,2-10H2,1H3. The van der Waals surface area contributed by atoms with E-state index in [4.69, 9.17) is 4.74 Å². The number of rotatable bonds is 3. The monoisotopic (exact) mass is 345 g/mol. The van der Waals surface area contributed by atoms with Crippen molar-refractivity contribution in [3.63, 3.8) is 0 Å². The first-order chi connectivity index (χ1) is 10.9. The summed E-state index contributed by atoms with van der Waals surface area (Å²) in [6, 6.07) is 0. The summed E-state index contributed by atoms with van der Waals surface area (Å²) in [7, 11) is -3.20. The molecule has 0 aromatic carbocycles. The molecule has 3 rings (SSSR count). The third-order valence-electron chi connectivity index (χ3n) is 4.77. The Morgan fingerprint density at radius 1 is 1.00 bits per heavy atom. The number of sulfonamides is 1. The third-order valence-corrected chi connectivity index (χ3v) is 6.01. The number of amides is 2. The summed E-state index contributed by atoms with van der Waals surface area (Å²) in [6.45, 7) is 3.24. The molecule has 3 fully saturated rings. The summed E-state index contributed by atoms with van der Waals surface area (Å²) in [5.41, 5.74) is 0. The quantitative estimate of drug-likeness (QED) is 0.636. The molecular weight excluding hydrogens is 322 g/mol. The molecule has 0 aliphatic carbocycles. The van der Waals surface area contributed by atoms with Gasteiger partial charge in [-0.2, -0.15) is 0 Å². The number of carbonyl (C=O) groups excluding carboxylic acids is 2. The van der Waals surface area contributed by atoms with Crippen LogP contribution in [0.1, 0.15) is 12.8 Å². The Kier molecular flexibility index (Phi) is 4.61. The summed E-state index contributed by atoms with van der Waals surface area (Å²) < 4.78 is 29.4. The second kappa shape index (κ2) is 6.37. The molecule has 0 N–H and O–H groups in total. The maximum Gasteiger partial charge on any atom is 0.251 e. The molecule has 2 amide bonds. The van der Waals surface area contributed by atoms with Gasteiger partial charge in [-0.05, 0) is 12.8 Å². The minimum Gasteiger partial charge on any atom is -0.368 e. The first kappa shape index (κ1) is 16.7. The normalized spacial score (nSPS) is 27.1. The second-order valence-electron chi connectivity index (χ2n) is 6.43. The van der Waals surface area contributed by atoms with E-state index >= 15 is 0 Å². The van der Waals surface area contributed by atoms with Gasteiger partial charge in [0.2, 0.25) is 15.9 Å². The Balaban J connectivity index is 1.46. The molecule has 3 saturated heterocycles. The van der Waals surface area contributed by atoms with Gasteiger partial charge in [0.15, 0.2) is 0 Å². The smallest absolute Gasteiger partial charge is 0.251 e. The zero-order valence-corrected chi connectivity index (χ0v) is 14.1. The summed E-state index contributed by atoms with van der Waals surface area (Å²) in [5.74, 6) is -0.222. The molecule has 8 nitrogen and oxygen atoms in total. The van der Waals surface area contributed by atoms with Crippen molar-refractivity contribution in [2.45, 2.75) is 18.9 Å². The van der Waals surface area contributed by atoms with E-state index in [0.717, 1.165) is 19.1 Å². The molecule has 3 aliphatic heterocycles. The van der Waals surface area contributed by atoms with Gasteiger partial charge in [0.05, 0.1) is 12.2 Å². The Bertz CT molecular complexity index is 573. The van der Waals surface area contributed by atoms with Gasteiger partial charge in [0.1, 0.15) is 6.10 Å². The van der Waals surface area contributed by atoms with E-state index in [0.29, 0.717) is 32.8 Å². The van der Waals surface area contributed by atoms with Crippen LogP contribution in [0, 0.1) is 5.92 Å². The summed E-state index contributed by atoms with van der Waals surface area (Å²) >= 11 is 0. The van der Waals surface area contributed by atoms with E-state index in [2.05, 4.69) is 0 Å². The van der Waals surface area contributed by atoms with Gasteiger partial charge in [0, 0.05) is 45.9 Å². The maximum absolute atomic E-state index is 12.4. The highest BCUT2D eigenvalue weighted by Gasteiger charge is 2.40. The first-order valence-corrected chi connectivity index (χ1v) is 9.85. The van der Waals surface area contributed by atoms with E-state index < -0.39 is 10.0 Å². The molecule has 130 valence electrons. The predicted molar refractivity (Wildman–Crippen MR) is 82.0 cm³/mol. The number of piperazine rings is 1. The van der Waals surface area contributed by atoms with Crippen molar-refractivity contribution in [3.05, 3.63) is 0 Å². The van der Waals surface area contributed by atoms with Crippen LogP contribution >= 0.6 is 0 Å². The first-order valence-electron chi connectivity index (χ1n) is 8.00. The van der Waals surface area contributed by atoms with Crippen LogP contribution in [-0.2, 0) is 24.3 Å². The maximum atomic E-state index is 12.4. The fraction of sp³-hybridized carbons (Fsp3) is 0.857. The Morgan fingerprint density at radius 2 is 1.57 bits per heavy atom. The molecule has 3 heterocycles. The van der Waals surface area contributed by atoms with Crippen LogP contribution in [0.4, 0.5) is 0 Å². The molecule has 0 radical (unpaired) electrons. The van der Waals surface area contributed by atoms with Gasteiger partial charge in [0.25, 0.3) is 5.91 Å². The van der Waals surface area contributed by atoms with Crippen LogP contribution in [-0.4, -0.2) is 92.6 Å². The Labute approximate surface area is 136 Å². The second-order valence-corrected chi connectivity index (χ2v) is 8.41. The van der Waals surface area contributed by atoms with E-state index in [1.165, 1.54) is 4.31 Å². The fourth-order valence-electron chi connectivity index (χ4n) is 3.25. The average molecular weight is 345 g/mol. The van der Waals surface area contributed by atoms with Crippen molar-refractivity contribution >= 4 is 21.8 Å². The highest BCUT2D eigenvalue weighted by atomic mass is 32.2. The number of nitrogens with zero attached hydrogens (tertiary/aromatic N) is 3. The van der Waals surface area contributed by atoms with Crippen molar-refractivity contribution in [3.8, 4) is 0 Å². The molecule has 1 atom stereocenters. The van der Waals surface area contributed by atoms with E-state index in [-0.39, 0.29) is 36.9 Å². The number of ether oxygens (including phenoxy) is 1.